The smallest absolute Gasteiger partial charge is 0.165 e. The molecule has 0 bridgehead atoms. The highest BCUT2D eigenvalue weighted by molar-refractivity contribution is 9.10. The Bertz CT molecular complexity index is 757. The lowest BCUT2D eigenvalue weighted by Gasteiger charge is -2.05. The first-order valence-electron chi connectivity index (χ1n) is 5.53. The number of aromatic nitrogens is 3. The highest BCUT2D eigenvalue weighted by Gasteiger charge is 2.08. The molecule has 3 rings (SSSR count). The van der Waals surface area contributed by atoms with Gasteiger partial charge in [-0.1, -0.05) is 0 Å². The second kappa shape index (κ2) is 4.62. The third-order valence-corrected chi connectivity index (χ3v) is 3.12. The van der Waals surface area contributed by atoms with Gasteiger partial charge in [0.25, 0.3) is 0 Å². The fourth-order valence-corrected chi connectivity index (χ4v) is 2.21. The summed E-state index contributed by atoms with van der Waals surface area (Å²) in [6.07, 6.45) is 1.75. The number of halogens is 2. The Morgan fingerprint density at radius 3 is 2.84 bits per heavy atom. The van der Waals surface area contributed by atoms with E-state index in [4.69, 9.17) is 4.74 Å². The third kappa shape index (κ3) is 2.19. The van der Waals surface area contributed by atoms with Crippen LogP contribution < -0.4 is 4.74 Å². The molecule has 0 amide bonds. The van der Waals surface area contributed by atoms with E-state index in [-0.39, 0.29) is 5.75 Å². The minimum Gasteiger partial charge on any atom is -0.494 e. The zero-order valence-electron chi connectivity index (χ0n) is 9.97. The monoisotopic (exact) mass is 321 g/mol. The molecule has 1 aromatic carbocycles. The van der Waals surface area contributed by atoms with Crippen molar-refractivity contribution in [1.29, 1.82) is 0 Å². The van der Waals surface area contributed by atoms with E-state index in [1.54, 1.807) is 28.9 Å². The van der Waals surface area contributed by atoms with E-state index in [1.807, 2.05) is 6.07 Å². The van der Waals surface area contributed by atoms with Crippen LogP contribution in [0.15, 0.2) is 41.1 Å². The van der Waals surface area contributed by atoms with Gasteiger partial charge in [0.1, 0.15) is 4.60 Å². The first-order valence-corrected chi connectivity index (χ1v) is 6.32. The number of hydrogen-bond donors (Lipinski definition) is 0. The van der Waals surface area contributed by atoms with Crippen LogP contribution in [0.4, 0.5) is 4.39 Å². The maximum absolute atomic E-state index is 13.7. The molecule has 0 saturated heterocycles. The molecule has 0 N–H and O–H groups in total. The average Bonchev–Trinajstić information content (AvgIpc) is 2.77. The van der Waals surface area contributed by atoms with Gasteiger partial charge in [0.15, 0.2) is 17.2 Å². The molecule has 0 radical (unpaired) electrons. The van der Waals surface area contributed by atoms with Gasteiger partial charge in [0, 0.05) is 5.56 Å². The van der Waals surface area contributed by atoms with Crippen LogP contribution in [-0.4, -0.2) is 21.7 Å². The van der Waals surface area contributed by atoms with E-state index in [0.717, 1.165) is 5.65 Å². The fraction of sp³-hybridized carbons (Fsp3) is 0.0769. The van der Waals surface area contributed by atoms with E-state index in [0.29, 0.717) is 15.9 Å². The molecule has 0 aliphatic heterocycles. The fourth-order valence-electron chi connectivity index (χ4n) is 1.83. The van der Waals surface area contributed by atoms with E-state index >= 15 is 0 Å². The van der Waals surface area contributed by atoms with Gasteiger partial charge in [-0.25, -0.2) is 13.9 Å². The Morgan fingerprint density at radius 1 is 1.26 bits per heavy atom. The normalized spacial score (nSPS) is 10.9. The second-order valence-corrected chi connectivity index (χ2v) is 4.75. The van der Waals surface area contributed by atoms with Crippen molar-refractivity contribution >= 4 is 21.6 Å². The number of methoxy groups -OCH3 is 1. The molecule has 3 aromatic rings. The maximum atomic E-state index is 13.7. The quantitative estimate of drug-likeness (QED) is 0.727. The van der Waals surface area contributed by atoms with Gasteiger partial charge in [0.2, 0.25) is 0 Å². The molecule has 96 valence electrons. The molecular weight excluding hydrogens is 313 g/mol. The van der Waals surface area contributed by atoms with Gasteiger partial charge in [0.05, 0.1) is 19.0 Å². The number of nitrogens with zero attached hydrogens (tertiary/aromatic N) is 3. The van der Waals surface area contributed by atoms with Crippen LogP contribution in [0.5, 0.6) is 5.75 Å². The van der Waals surface area contributed by atoms with Gasteiger partial charge < -0.3 is 4.74 Å². The predicted molar refractivity (Wildman–Crippen MR) is 72.6 cm³/mol. The van der Waals surface area contributed by atoms with E-state index in [1.165, 1.54) is 13.2 Å². The number of benzene rings is 1. The Labute approximate surface area is 117 Å². The number of imidazole rings is 1. The predicted octanol–water partition coefficient (Wildman–Crippen LogP) is 3.31. The largest absolute Gasteiger partial charge is 0.494 e. The zero-order valence-corrected chi connectivity index (χ0v) is 11.6. The first-order chi connectivity index (χ1) is 9.17. The number of hydrogen-bond acceptors (Lipinski definition) is 3. The van der Waals surface area contributed by atoms with Crippen molar-refractivity contribution in [2.75, 3.05) is 7.11 Å². The summed E-state index contributed by atoms with van der Waals surface area (Å²) in [6.45, 7) is 0. The number of rotatable bonds is 2. The maximum Gasteiger partial charge on any atom is 0.165 e. The molecule has 6 heteroatoms. The Hall–Kier alpha value is -1.95. The second-order valence-electron chi connectivity index (χ2n) is 3.93. The van der Waals surface area contributed by atoms with Crippen LogP contribution >= 0.6 is 15.9 Å². The van der Waals surface area contributed by atoms with Crippen LogP contribution in [0, 0.1) is 5.82 Å². The molecule has 0 aliphatic carbocycles. The highest BCUT2D eigenvalue weighted by atomic mass is 79.9. The van der Waals surface area contributed by atoms with E-state index in [9.17, 15) is 4.39 Å². The van der Waals surface area contributed by atoms with Crippen molar-refractivity contribution in [3.63, 3.8) is 0 Å². The molecule has 19 heavy (non-hydrogen) atoms. The van der Waals surface area contributed by atoms with Crippen molar-refractivity contribution in [3.8, 4) is 17.0 Å². The molecule has 0 fully saturated rings. The molecule has 4 nitrogen and oxygen atoms in total. The first kappa shape index (κ1) is 12.1. The SMILES string of the molecule is COc1ccc(-c2ccc3nc(Br)cn3n2)cc1F. The zero-order chi connectivity index (χ0) is 13.4. The molecule has 0 unspecified atom stereocenters. The average molecular weight is 322 g/mol. The topological polar surface area (TPSA) is 39.4 Å². The Morgan fingerprint density at radius 2 is 2.11 bits per heavy atom. The molecular formula is C13H9BrFN3O. The van der Waals surface area contributed by atoms with Crippen molar-refractivity contribution in [2.45, 2.75) is 0 Å². The van der Waals surface area contributed by atoms with Crippen LogP contribution in [0.2, 0.25) is 0 Å². The third-order valence-electron chi connectivity index (χ3n) is 2.74. The van der Waals surface area contributed by atoms with Crippen LogP contribution in [0.1, 0.15) is 0 Å². The molecule has 0 aliphatic rings. The molecule has 0 saturated carbocycles. The van der Waals surface area contributed by atoms with Crippen molar-refractivity contribution in [2.24, 2.45) is 0 Å². The molecule has 2 heterocycles. The summed E-state index contributed by atoms with van der Waals surface area (Å²) < 4.78 is 20.9. The van der Waals surface area contributed by atoms with Gasteiger partial charge in [-0.3, -0.25) is 0 Å². The lowest BCUT2D eigenvalue weighted by molar-refractivity contribution is 0.386. The highest BCUT2D eigenvalue weighted by Crippen LogP contribution is 2.24. The summed E-state index contributed by atoms with van der Waals surface area (Å²) in [7, 11) is 1.44. The van der Waals surface area contributed by atoms with E-state index < -0.39 is 5.82 Å². The lowest BCUT2D eigenvalue weighted by atomic mass is 10.1. The van der Waals surface area contributed by atoms with Crippen LogP contribution in [0.25, 0.3) is 16.9 Å². The van der Waals surface area contributed by atoms with Gasteiger partial charge in [-0.15, -0.1) is 0 Å². The molecule has 2 aromatic heterocycles. The summed E-state index contributed by atoms with van der Waals surface area (Å²) in [6, 6.07) is 8.38. The van der Waals surface area contributed by atoms with Crippen molar-refractivity contribution < 1.29 is 9.13 Å². The summed E-state index contributed by atoms with van der Waals surface area (Å²) in [5.41, 5.74) is 2.08. The standard InChI is InChI=1S/C13H9BrFN3O/c1-19-11-4-2-8(6-9(11)15)10-3-5-13-16-12(14)7-18(13)17-10/h2-7H,1H3. The minimum atomic E-state index is -0.409. The van der Waals surface area contributed by atoms with E-state index in [2.05, 4.69) is 26.0 Å². The Balaban J connectivity index is 2.10. The lowest BCUT2D eigenvalue weighted by Crippen LogP contribution is -1.94. The van der Waals surface area contributed by atoms with Crippen molar-refractivity contribution in [1.82, 2.24) is 14.6 Å². The minimum absolute atomic E-state index is 0.218. The van der Waals surface area contributed by atoms with Crippen molar-refractivity contribution in [3.05, 3.63) is 46.9 Å². The summed E-state index contributed by atoms with van der Waals surface area (Å²) >= 11 is 3.29. The van der Waals surface area contributed by atoms with Gasteiger partial charge in [-0.05, 0) is 46.3 Å². The molecule has 0 spiro atoms. The summed E-state index contributed by atoms with van der Waals surface area (Å²) in [4.78, 5) is 4.22. The number of ether oxygens (including phenoxy) is 1. The van der Waals surface area contributed by atoms with Gasteiger partial charge >= 0.3 is 0 Å². The summed E-state index contributed by atoms with van der Waals surface area (Å²) in [5.74, 6) is -0.191. The molecule has 0 atom stereocenters. The van der Waals surface area contributed by atoms with Gasteiger partial charge in [-0.2, -0.15) is 5.10 Å². The van der Waals surface area contributed by atoms with Crippen LogP contribution in [0.3, 0.4) is 0 Å². The summed E-state index contributed by atoms with van der Waals surface area (Å²) in [5, 5.41) is 4.38. The van der Waals surface area contributed by atoms with Crippen LogP contribution in [-0.2, 0) is 0 Å². The Kier molecular flexibility index (Phi) is 2.94. The number of fused-ring (bicyclic) bond motifs is 1.